The molecule has 2 saturated carbocycles. The Kier molecular flexibility index (Phi) is 4.45. The van der Waals surface area contributed by atoms with Gasteiger partial charge in [-0.05, 0) is 38.5 Å². The van der Waals surface area contributed by atoms with E-state index in [4.69, 9.17) is 0 Å². The molecule has 0 saturated heterocycles. The lowest BCUT2D eigenvalue weighted by molar-refractivity contribution is 0.0939. The van der Waals surface area contributed by atoms with Gasteiger partial charge >= 0.3 is 6.03 Å². The van der Waals surface area contributed by atoms with Crippen LogP contribution in [0.15, 0.2) is 6.20 Å². The number of hydrogen-bond donors (Lipinski definition) is 3. The normalized spacial score (nSPS) is 27.1. The zero-order valence-electron chi connectivity index (χ0n) is 12.3. The van der Waals surface area contributed by atoms with Crippen LogP contribution in [0.1, 0.15) is 54.5 Å². The average molecular weight is 309 g/mol. The fourth-order valence-electron chi connectivity index (χ4n) is 2.96. The molecule has 3 atom stereocenters. The number of rotatable bonds is 4. The van der Waals surface area contributed by atoms with E-state index in [1.54, 1.807) is 11.3 Å². The summed E-state index contributed by atoms with van der Waals surface area (Å²) in [6.45, 7) is 2.03. The quantitative estimate of drug-likeness (QED) is 0.800. The van der Waals surface area contributed by atoms with Crippen LogP contribution in [0.3, 0.4) is 0 Å². The van der Waals surface area contributed by atoms with Crippen molar-refractivity contribution in [3.63, 3.8) is 0 Å². The van der Waals surface area contributed by atoms with Crippen LogP contribution in [-0.2, 0) is 0 Å². The molecule has 3 unspecified atom stereocenters. The van der Waals surface area contributed by atoms with Crippen molar-refractivity contribution in [3.8, 4) is 0 Å². The van der Waals surface area contributed by atoms with Gasteiger partial charge in [-0.2, -0.15) is 0 Å². The number of urea groups is 1. The number of nitrogens with one attached hydrogen (secondary N) is 2. The van der Waals surface area contributed by atoms with Crippen LogP contribution in [0.2, 0.25) is 0 Å². The van der Waals surface area contributed by atoms with E-state index >= 15 is 0 Å². The van der Waals surface area contributed by atoms with Gasteiger partial charge in [0, 0.05) is 11.1 Å². The summed E-state index contributed by atoms with van der Waals surface area (Å²) in [7, 11) is 0. The number of nitrogens with zero attached hydrogens (tertiary/aromatic N) is 1. The first-order valence-electron chi connectivity index (χ1n) is 7.81. The van der Waals surface area contributed by atoms with Crippen molar-refractivity contribution in [3.05, 3.63) is 16.1 Å². The Labute approximate surface area is 129 Å². The molecule has 3 N–H and O–H groups in total. The largest absolute Gasteiger partial charge is 0.391 e. The van der Waals surface area contributed by atoms with E-state index in [9.17, 15) is 9.90 Å². The van der Waals surface area contributed by atoms with Crippen molar-refractivity contribution < 1.29 is 9.90 Å². The van der Waals surface area contributed by atoms with E-state index in [0.717, 1.165) is 43.5 Å². The summed E-state index contributed by atoms with van der Waals surface area (Å²) < 4.78 is 0. The Morgan fingerprint density at radius 1 is 1.38 bits per heavy atom. The van der Waals surface area contributed by atoms with Crippen LogP contribution >= 0.6 is 11.3 Å². The van der Waals surface area contributed by atoms with Crippen molar-refractivity contribution in [2.45, 2.75) is 63.6 Å². The molecule has 2 amide bonds. The van der Waals surface area contributed by atoms with Crippen LogP contribution in [0.25, 0.3) is 0 Å². The fraction of sp³-hybridized carbons (Fsp3) is 0.733. The highest BCUT2D eigenvalue weighted by molar-refractivity contribution is 7.11. The molecule has 2 aliphatic carbocycles. The van der Waals surface area contributed by atoms with Crippen molar-refractivity contribution in [2.75, 3.05) is 0 Å². The van der Waals surface area contributed by atoms with E-state index in [0.29, 0.717) is 5.92 Å². The highest BCUT2D eigenvalue weighted by Crippen LogP contribution is 2.42. The standard InChI is InChI=1S/C15H23N3O2S/c1-9-8-16-14(21-9)13(10-6-7-10)18-15(20)17-11-4-2-3-5-12(11)19/h8,10-13,19H,2-7H2,1H3,(H2,17,18,20). The van der Waals surface area contributed by atoms with E-state index in [1.807, 2.05) is 13.1 Å². The summed E-state index contributed by atoms with van der Waals surface area (Å²) >= 11 is 1.65. The molecule has 2 fully saturated rings. The first-order chi connectivity index (χ1) is 10.1. The molecule has 21 heavy (non-hydrogen) atoms. The third-order valence-corrected chi connectivity index (χ3v) is 5.33. The van der Waals surface area contributed by atoms with Gasteiger partial charge in [0.1, 0.15) is 5.01 Å². The molecular weight excluding hydrogens is 286 g/mol. The summed E-state index contributed by atoms with van der Waals surface area (Å²) in [6.07, 6.45) is 7.50. The van der Waals surface area contributed by atoms with Crippen molar-refractivity contribution in [2.24, 2.45) is 5.92 Å². The van der Waals surface area contributed by atoms with Gasteiger partial charge in [0.25, 0.3) is 0 Å². The molecule has 116 valence electrons. The highest BCUT2D eigenvalue weighted by Gasteiger charge is 2.36. The monoisotopic (exact) mass is 309 g/mol. The van der Waals surface area contributed by atoms with Crippen LogP contribution in [0.4, 0.5) is 4.79 Å². The number of carbonyl (C=O) groups excluding carboxylic acids is 1. The molecule has 0 radical (unpaired) electrons. The number of hydrogen-bond acceptors (Lipinski definition) is 4. The maximum absolute atomic E-state index is 12.2. The zero-order valence-corrected chi connectivity index (χ0v) is 13.2. The van der Waals surface area contributed by atoms with Gasteiger partial charge in [-0.15, -0.1) is 11.3 Å². The SMILES string of the molecule is Cc1cnc(C(NC(=O)NC2CCCCC2O)C2CC2)s1. The maximum atomic E-state index is 12.2. The average Bonchev–Trinajstić information content (AvgIpc) is 3.21. The molecule has 0 spiro atoms. The number of thiazole rings is 1. The highest BCUT2D eigenvalue weighted by atomic mass is 32.1. The Morgan fingerprint density at radius 3 is 2.76 bits per heavy atom. The molecule has 1 heterocycles. The first-order valence-corrected chi connectivity index (χ1v) is 8.62. The minimum Gasteiger partial charge on any atom is -0.391 e. The lowest BCUT2D eigenvalue weighted by Gasteiger charge is -2.29. The van der Waals surface area contributed by atoms with Crippen molar-refractivity contribution >= 4 is 17.4 Å². The van der Waals surface area contributed by atoms with Crippen molar-refractivity contribution in [1.29, 1.82) is 0 Å². The van der Waals surface area contributed by atoms with Gasteiger partial charge < -0.3 is 15.7 Å². The topological polar surface area (TPSA) is 74.2 Å². The predicted octanol–water partition coefficient (Wildman–Crippen LogP) is 2.51. The van der Waals surface area contributed by atoms with Gasteiger partial charge in [0.15, 0.2) is 0 Å². The second kappa shape index (κ2) is 6.32. The van der Waals surface area contributed by atoms with Crippen molar-refractivity contribution in [1.82, 2.24) is 15.6 Å². The van der Waals surface area contributed by atoms with E-state index in [1.165, 1.54) is 4.88 Å². The number of carbonyl (C=O) groups is 1. The van der Waals surface area contributed by atoms with E-state index in [2.05, 4.69) is 15.6 Å². The molecule has 6 heteroatoms. The Balaban J connectivity index is 1.59. The van der Waals surface area contributed by atoms with Crippen LogP contribution in [0.5, 0.6) is 0 Å². The summed E-state index contributed by atoms with van der Waals surface area (Å²) in [5.74, 6) is 0.512. The molecule has 0 aromatic carbocycles. The molecule has 0 aliphatic heterocycles. The van der Waals surface area contributed by atoms with Gasteiger partial charge in [-0.25, -0.2) is 9.78 Å². The Bertz CT molecular complexity index is 501. The lowest BCUT2D eigenvalue weighted by atomic mass is 9.93. The zero-order chi connectivity index (χ0) is 14.8. The van der Waals surface area contributed by atoms with Crippen LogP contribution < -0.4 is 10.6 Å². The van der Waals surface area contributed by atoms with Gasteiger partial charge in [-0.3, -0.25) is 0 Å². The maximum Gasteiger partial charge on any atom is 0.315 e. The number of aromatic nitrogens is 1. The van der Waals surface area contributed by atoms with Gasteiger partial charge in [0.05, 0.1) is 18.2 Å². The smallest absolute Gasteiger partial charge is 0.315 e. The molecular formula is C15H23N3O2S. The van der Waals surface area contributed by atoms with E-state index in [-0.39, 0.29) is 18.1 Å². The summed E-state index contributed by atoms with van der Waals surface area (Å²) in [4.78, 5) is 17.8. The summed E-state index contributed by atoms with van der Waals surface area (Å²) in [5.41, 5.74) is 0. The molecule has 1 aromatic heterocycles. The number of amides is 2. The second-order valence-electron chi connectivity index (χ2n) is 6.20. The molecule has 3 rings (SSSR count). The number of aliphatic hydroxyl groups is 1. The minimum absolute atomic E-state index is 0.0180. The third-order valence-electron chi connectivity index (χ3n) is 4.33. The third kappa shape index (κ3) is 3.74. The molecule has 1 aromatic rings. The Hall–Kier alpha value is -1.14. The lowest BCUT2D eigenvalue weighted by Crippen LogP contribution is -2.49. The van der Waals surface area contributed by atoms with Gasteiger partial charge in [0.2, 0.25) is 0 Å². The van der Waals surface area contributed by atoms with Crippen LogP contribution in [0, 0.1) is 12.8 Å². The van der Waals surface area contributed by atoms with Crippen LogP contribution in [-0.4, -0.2) is 28.3 Å². The first kappa shape index (κ1) is 14.8. The van der Waals surface area contributed by atoms with Gasteiger partial charge in [-0.1, -0.05) is 12.8 Å². The Morgan fingerprint density at radius 2 is 2.14 bits per heavy atom. The molecule has 2 aliphatic rings. The minimum atomic E-state index is -0.411. The second-order valence-corrected chi connectivity index (χ2v) is 7.47. The molecule has 5 nitrogen and oxygen atoms in total. The molecule has 0 bridgehead atoms. The number of aliphatic hydroxyl groups excluding tert-OH is 1. The fourth-order valence-corrected chi connectivity index (χ4v) is 3.88. The number of aryl methyl sites for hydroxylation is 1. The van der Waals surface area contributed by atoms with E-state index < -0.39 is 6.10 Å². The predicted molar refractivity (Wildman–Crippen MR) is 82.2 cm³/mol. The summed E-state index contributed by atoms with van der Waals surface area (Å²) in [6, 6.07) is -0.272. The summed E-state index contributed by atoms with van der Waals surface area (Å²) in [5, 5.41) is 16.9.